The van der Waals surface area contributed by atoms with Gasteiger partial charge in [-0.25, -0.2) is 9.37 Å². The molecule has 7 heteroatoms. The number of benzene rings is 1. The third kappa shape index (κ3) is 2.84. The van der Waals surface area contributed by atoms with E-state index in [-0.39, 0.29) is 10.4 Å². The molecule has 110 valence electrons. The van der Waals surface area contributed by atoms with E-state index in [0.29, 0.717) is 17.9 Å². The largest absolute Gasteiger partial charge is 0.321 e. The Hall–Kier alpha value is -0.620. The standard InChI is InChI=1S/C14H10BrCl2FN2S/c1-7(16)14-19-11-5-10(18)9(17)4-12(11)20(14)6-13-8(15)2-3-21-13/h2-5,7H,6H2,1H3. The van der Waals surface area contributed by atoms with Crippen LogP contribution in [0.5, 0.6) is 0 Å². The Labute approximate surface area is 143 Å². The van der Waals surface area contributed by atoms with Gasteiger partial charge in [0.2, 0.25) is 0 Å². The van der Waals surface area contributed by atoms with Crippen molar-refractivity contribution in [2.75, 3.05) is 0 Å². The Morgan fingerprint density at radius 3 is 2.86 bits per heavy atom. The summed E-state index contributed by atoms with van der Waals surface area (Å²) in [4.78, 5) is 5.59. The van der Waals surface area contributed by atoms with Crippen LogP contribution in [0, 0.1) is 5.82 Å². The first-order valence-corrected chi connectivity index (χ1v) is 8.67. The molecule has 21 heavy (non-hydrogen) atoms. The first kappa shape index (κ1) is 15.3. The number of nitrogens with zero attached hydrogens (tertiary/aromatic N) is 2. The Morgan fingerprint density at radius 2 is 2.24 bits per heavy atom. The van der Waals surface area contributed by atoms with Gasteiger partial charge in [-0.15, -0.1) is 22.9 Å². The van der Waals surface area contributed by atoms with Crippen molar-refractivity contribution in [2.45, 2.75) is 18.8 Å². The Morgan fingerprint density at radius 1 is 1.48 bits per heavy atom. The van der Waals surface area contributed by atoms with Gasteiger partial charge in [0, 0.05) is 15.4 Å². The van der Waals surface area contributed by atoms with Crippen molar-refractivity contribution < 1.29 is 4.39 Å². The summed E-state index contributed by atoms with van der Waals surface area (Å²) in [5.74, 6) is 0.230. The highest BCUT2D eigenvalue weighted by molar-refractivity contribution is 9.10. The molecule has 0 fully saturated rings. The smallest absolute Gasteiger partial charge is 0.144 e. The molecule has 0 N–H and O–H groups in total. The minimum atomic E-state index is -0.472. The van der Waals surface area contributed by atoms with Gasteiger partial charge < -0.3 is 4.57 Å². The summed E-state index contributed by atoms with van der Waals surface area (Å²) in [5.41, 5.74) is 1.34. The Balaban J connectivity index is 2.20. The molecule has 1 aromatic carbocycles. The zero-order chi connectivity index (χ0) is 15.1. The van der Waals surface area contributed by atoms with Crippen LogP contribution >= 0.6 is 50.5 Å². The number of alkyl halides is 1. The van der Waals surface area contributed by atoms with Crippen molar-refractivity contribution in [1.29, 1.82) is 0 Å². The van der Waals surface area contributed by atoms with Crippen LogP contribution < -0.4 is 0 Å². The van der Waals surface area contributed by atoms with Gasteiger partial charge in [-0.2, -0.15) is 0 Å². The lowest BCUT2D eigenvalue weighted by molar-refractivity contribution is 0.629. The molecular formula is C14H10BrCl2FN2S. The molecule has 1 unspecified atom stereocenters. The van der Waals surface area contributed by atoms with Crippen LogP contribution in [0.2, 0.25) is 5.02 Å². The Bertz CT molecular complexity index is 813. The van der Waals surface area contributed by atoms with Crippen LogP contribution in [0.4, 0.5) is 4.39 Å². The summed E-state index contributed by atoms with van der Waals surface area (Å²) in [6, 6.07) is 4.94. The second kappa shape index (κ2) is 5.88. The van der Waals surface area contributed by atoms with E-state index < -0.39 is 5.82 Å². The molecule has 1 atom stereocenters. The molecule has 0 aliphatic rings. The molecule has 0 saturated carbocycles. The van der Waals surface area contributed by atoms with Crippen molar-refractivity contribution in [3.05, 3.63) is 49.6 Å². The molecule has 2 aromatic heterocycles. The van der Waals surface area contributed by atoms with Gasteiger partial charge in [0.25, 0.3) is 0 Å². The number of fused-ring (bicyclic) bond motifs is 1. The molecule has 3 rings (SSSR count). The normalized spacial score (nSPS) is 13.0. The van der Waals surface area contributed by atoms with Crippen molar-refractivity contribution in [1.82, 2.24) is 9.55 Å². The molecule has 0 aliphatic carbocycles. The number of aromatic nitrogens is 2. The molecular weight excluding hydrogens is 398 g/mol. The van der Waals surface area contributed by atoms with Crippen molar-refractivity contribution in [3.8, 4) is 0 Å². The van der Waals surface area contributed by atoms with E-state index in [2.05, 4.69) is 20.9 Å². The van der Waals surface area contributed by atoms with E-state index in [0.717, 1.165) is 14.9 Å². The quantitative estimate of drug-likeness (QED) is 0.486. The van der Waals surface area contributed by atoms with E-state index >= 15 is 0 Å². The fourth-order valence-electron chi connectivity index (χ4n) is 2.19. The molecule has 2 heterocycles. The molecule has 3 aromatic rings. The average Bonchev–Trinajstić information content (AvgIpc) is 2.97. The van der Waals surface area contributed by atoms with E-state index in [4.69, 9.17) is 23.2 Å². The second-order valence-electron chi connectivity index (χ2n) is 4.62. The zero-order valence-corrected chi connectivity index (χ0v) is 14.8. The lowest BCUT2D eigenvalue weighted by Gasteiger charge is -2.10. The number of halogens is 4. The maximum atomic E-state index is 13.6. The first-order valence-electron chi connectivity index (χ1n) is 6.18. The zero-order valence-electron chi connectivity index (χ0n) is 10.9. The number of hydrogen-bond acceptors (Lipinski definition) is 2. The van der Waals surface area contributed by atoms with Gasteiger partial charge in [-0.05, 0) is 40.4 Å². The lowest BCUT2D eigenvalue weighted by Crippen LogP contribution is -2.05. The van der Waals surface area contributed by atoms with Crippen LogP contribution in [0.25, 0.3) is 11.0 Å². The monoisotopic (exact) mass is 406 g/mol. The summed E-state index contributed by atoms with van der Waals surface area (Å²) >= 11 is 17.3. The minimum Gasteiger partial charge on any atom is -0.321 e. The predicted molar refractivity (Wildman–Crippen MR) is 90.1 cm³/mol. The minimum absolute atomic E-state index is 0.0858. The highest BCUT2D eigenvalue weighted by Crippen LogP contribution is 2.31. The van der Waals surface area contributed by atoms with Crippen molar-refractivity contribution in [3.63, 3.8) is 0 Å². The maximum Gasteiger partial charge on any atom is 0.144 e. The van der Waals surface area contributed by atoms with Crippen LogP contribution in [0.15, 0.2) is 28.1 Å². The molecule has 0 amide bonds. The van der Waals surface area contributed by atoms with E-state index in [9.17, 15) is 4.39 Å². The van der Waals surface area contributed by atoms with Crippen molar-refractivity contribution >= 4 is 61.5 Å². The van der Waals surface area contributed by atoms with Gasteiger partial charge in [-0.1, -0.05) is 11.6 Å². The molecule has 0 aliphatic heterocycles. The fraction of sp³-hybridized carbons (Fsp3) is 0.214. The molecule has 0 radical (unpaired) electrons. The van der Waals surface area contributed by atoms with E-state index in [1.54, 1.807) is 17.4 Å². The summed E-state index contributed by atoms with van der Waals surface area (Å²) in [5, 5.41) is 1.82. The molecule has 0 bridgehead atoms. The van der Waals surface area contributed by atoms with Gasteiger partial charge in [0.15, 0.2) is 0 Å². The van der Waals surface area contributed by atoms with E-state index in [1.165, 1.54) is 6.07 Å². The highest BCUT2D eigenvalue weighted by atomic mass is 79.9. The van der Waals surface area contributed by atoms with Crippen LogP contribution in [0.3, 0.4) is 0 Å². The lowest BCUT2D eigenvalue weighted by atomic mass is 10.3. The summed E-state index contributed by atoms with van der Waals surface area (Å²) in [6.07, 6.45) is 0. The number of imidazole rings is 1. The van der Waals surface area contributed by atoms with Gasteiger partial charge >= 0.3 is 0 Å². The molecule has 0 spiro atoms. The summed E-state index contributed by atoms with van der Waals surface area (Å²) in [6.45, 7) is 2.46. The SMILES string of the molecule is CC(Cl)c1nc2cc(F)c(Cl)cc2n1Cc1sccc1Br. The van der Waals surface area contributed by atoms with Crippen LogP contribution in [0.1, 0.15) is 23.0 Å². The predicted octanol–water partition coefficient (Wildman–Crippen LogP) is 6.00. The van der Waals surface area contributed by atoms with E-state index in [1.807, 2.05) is 22.9 Å². The maximum absolute atomic E-state index is 13.6. The summed E-state index contributed by atoms with van der Waals surface area (Å²) in [7, 11) is 0. The van der Waals surface area contributed by atoms with Gasteiger partial charge in [0.05, 0.1) is 28.0 Å². The number of rotatable bonds is 3. The van der Waals surface area contributed by atoms with Crippen molar-refractivity contribution in [2.24, 2.45) is 0 Å². The number of hydrogen-bond donors (Lipinski definition) is 0. The van der Waals surface area contributed by atoms with Gasteiger partial charge in [0.1, 0.15) is 11.6 Å². The Kier molecular flexibility index (Phi) is 4.28. The topological polar surface area (TPSA) is 17.8 Å². The van der Waals surface area contributed by atoms with Gasteiger partial charge in [-0.3, -0.25) is 0 Å². The average molecular weight is 408 g/mol. The highest BCUT2D eigenvalue weighted by Gasteiger charge is 2.18. The molecule has 2 nitrogen and oxygen atoms in total. The molecule has 0 saturated heterocycles. The fourth-order valence-corrected chi connectivity index (χ4v) is 3.98. The van der Waals surface area contributed by atoms with Crippen LogP contribution in [-0.2, 0) is 6.54 Å². The number of thiophene rings is 1. The third-order valence-electron chi connectivity index (χ3n) is 3.17. The summed E-state index contributed by atoms with van der Waals surface area (Å²) < 4.78 is 16.6. The van der Waals surface area contributed by atoms with Crippen LogP contribution in [-0.4, -0.2) is 9.55 Å². The first-order chi connectivity index (χ1) is 9.97. The third-order valence-corrected chi connectivity index (χ3v) is 5.56. The second-order valence-corrected chi connectivity index (χ2v) is 7.54.